The zero-order chi connectivity index (χ0) is 37.3. The summed E-state index contributed by atoms with van der Waals surface area (Å²) in [5.74, 6) is -2.78. The number of aromatic amines is 1. The van der Waals surface area contributed by atoms with Gasteiger partial charge in [0.2, 0.25) is 0 Å². The summed E-state index contributed by atoms with van der Waals surface area (Å²) in [6.07, 6.45) is 2.09. The van der Waals surface area contributed by atoms with Gasteiger partial charge in [-0.15, -0.1) is 0 Å². The molecule has 4 aromatic carbocycles. The minimum absolute atomic E-state index is 0.0788. The maximum atomic E-state index is 16.0. The van der Waals surface area contributed by atoms with Crippen molar-refractivity contribution in [1.29, 1.82) is 0 Å². The number of hydrogen-bond acceptors (Lipinski definition) is 7. The summed E-state index contributed by atoms with van der Waals surface area (Å²) in [5, 5.41) is 10.5. The van der Waals surface area contributed by atoms with Gasteiger partial charge < -0.3 is 24.1 Å². The average molecular weight is 751 g/mol. The molecule has 0 aliphatic carbocycles. The summed E-state index contributed by atoms with van der Waals surface area (Å²) >= 11 is 6.02. The summed E-state index contributed by atoms with van der Waals surface area (Å²) in [7, 11) is 0. The van der Waals surface area contributed by atoms with Crippen molar-refractivity contribution in [1.82, 2.24) is 24.7 Å². The Balaban J connectivity index is 1.01. The van der Waals surface area contributed by atoms with Crippen LogP contribution in [0.25, 0.3) is 33.1 Å². The fourth-order valence-electron chi connectivity index (χ4n) is 6.95. The first-order chi connectivity index (χ1) is 26.0. The fourth-order valence-corrected chi connectivity index (χ4v) is 7.06. The third-order valence-corrected chi connectivity index (χ3v) is 10.1. The summed E-state index contributed by atoms with van der Waals surface area (Å²) in [4.78, 5) is 22.3. The summed E-state index contributed by atoms with van der Waals surface area (Å²) in [5.41, 5.74) is 3.56. The molecule has 2 N–H and O–H groups in total. The van der Waals surface area contributed by atoms with Gasteiger partial charge in [-0.05, 0) is 79.6 Å². The Labute approximate surface area is 310 Å². The van der Waals surface area contributed by atoms with Crippen LogP contribution in [0.4, 0.5) is 18.9 Å². The molecule has 0 unspecified atom stereocenters. The zero-order valence-electron chi connectivity index (χ0n) is 28.8. The number of aromatic nitrogens is 5. The van der Waals surface area contributed by atoms with Gasteiger partial charge in [-0.3, -0.25) is 14.9 Å². The van der Waals surface area contributed by atoms with E-state index in [1.165, 1.54) is 18.3 Å². The Morgan fingerprint density at radius 1 is 1.04 bits per heavy atom. The molecule has 0 spiro atoms. The number of para-hydroxylation sites is 1. The highest BCUT2D eigenvalue weighted by molar-refractivity contribution is 6.30. The van der Waals surface area contributed by atoms with E-state index in [1.54, 1.807) is 68.4 Å². The van der Waals surface area contributed by atoms with E-state index in [-0.39, 0.29) is 34.7 Å². The predicted molar refractivity (Wildman–Crippen MR) is 195 cm³/mol. The molecule has 5 heterocycles. The first kappa shape index (κ1) is 33.9. The van der Waals surface area contributed by atoms with Gasteiger partial charge in [0.25, 0.3) is 11.7 Å². The van der Waals surface area contributed by atoms with Gasteiger partial charge in [0.05, 0.1) is 28.7 Å². The van der Waals surface area contributed by atoms with E-state index in [0.717, 1.165) is 12.5 Å². The lowest BCUT2D eigenvalue weighted by molar-refractivity contribution is -0.0715. The molecule has 54 heavy (non-hydrogen) atoms. The normalized spacial score (nSPS) is 17.6. The molecule has 0 radical (unpaired) electrons. The second-order valence-corrected chi connectivity index (χ2v) is 14.0. The highest BCUT2D eigenvalue weighted by Crippen LogP contribution is 2.49. The third-order valence-electron chi connectivity index (χ3n) is 9.89. The van der Waals surface area contributed by atoms with Crippen molar-refractivity contribution in [2.75, 3.05) is 11.9 Å². The Morgan fingerprint density at radius 2 is 1.85 bits per heavy atom. The van der Waals surface area contributed by atoms with Crippen molar-refractivity contribution in [3.05, 3.63) is 130 Å². The molecule has 2 aliphatic heterocycles. The number of ether oxygens (including phenoxy) is 3. The van der Waals surface area contributed by atoms with Crippen LogP contribution in [0.5, 0.6) is 11.5 Å². The molecule has 9 rings (SSSR count). The largest absolute Gasteiger partial charge is 0.443 e. The number of imidazole rings is 1. The van der Waals surface area contributed by atoms with Gasteiger partial charge in [-0.25, -0.2) is 18.2 Å². The number of anilines is 1. The first-order valence-electron chi connectivity index (χ1n) is 17.2. The molecule has 272 valence electrons. The highest BCUT2D eigenvalue weighted by atomic mass is 35.5. The summed E-state index contributed by atoms with van der Waals surface area (Å²) in [6.45, 7) is 4.51. The minimum atomic E-state index is -1.28. The summed E-state index contributed by atoms with van der Waals surface area (Å²) < 4.78 is 66.7. The first-order valence-corrected chi connectivity index (χ1v) is 17.6. The van der Waals surface area contributed by atoms with E-state index < -0.39 is 29.1 Å². The van der Waals surface area contributed by atoms with Crippen LogP contribution in [0.15, 0.2) is 79.0 Å². The third kappa shape index (κ3) is 5.89. The van der Waals surface area contributed by atoms with Crippen molar-refractivity contribution in [2.45, 2.75) is 45.1 Å². The SMILES string of the molecule is Cc1[nH]nc2c(F)cc(C(=O)Nc3ccc4c(c3)nc(Cc3c(F)cc(-c5cccc6c5O[C@](C)(c5ccc(Cl)cn5)O6)cc3F)n4C[C@@H]3CCO3)cc12. The van der Waals surface area contributed by atoms with Crippen molar-refractivity contribution in [2.24, 2.45) is 0 Å². The number of rotatable bonds is 8. The van der Waals surface area contributed by atoms with Crippen LogP contribution >= 0.6 is 11.6 Å². The second-order valence-electron chi connectivity index (χ2n) is 13.5. The molecule has 0 bridgehead atoms. The summed E-state index contributed by atoms with van der Waals surface area (Å²) in [6, 6.07) is 18.9. The van der Waals surface area contributed by atoms with E-state index in [1.807, 2.05) is 4.57 Å². The van der Waals surface area contributed by atoms with E-state index in [2.05, 4.69) is 20.5 Å². The molecule has 10 nitrogen and oxygen atoms in total. The van der Waals surface area contributed by atoms with Crippen molar-refractivity contribution < 1.29 is 32.2 Å². The average Bonchev–Trinajstić information content (AvgIpc) is 3.80. The number of aryl methyl sites for hydroxylation is 1. The minimum Gasteiger partial charge on any atom is -0.443 e. The van der Waals surface area contributed by atoms with Crippen LogP contribution in [-0.2, 0) is 23.5 Å². The number of fused-ring (bicyclic) bond motifs is 3. The zero-order valence-corrected chi connectivity index (χ0v) is 29.6. The number of H-pyrrole nitrogens is 1. The number of hydrogen-bond donors (Lipinski definition) is 2. The maximum Gasteiger partial charge on any atom is 0.292 e. The van der Waals surface area contributed by atoms with Crippen LogP contribution < -0.4 is 14.8 Å². The molecule has 1 saturated heterocycles. The van der Waals surface area contributed by atoms with Crippen LogP contribution in [0.1, 0.15) is 46.5 Å². The molecular weight excluding hydrogens is 721 g/mol. The van der Waals surface area contributed by atoms with Crippen LogP contribution in [-0.4, -0.2) is 43.4 Å². The molecule has 0 saturated carbocycles. The van der Waals surface area contributed by atoms with Crippen molar-refractivity contribution in [3.8, 4) is 22.6 Å². The molecule has 1 amide bonds. The molecule has 14 heteroatoms. The Morgan fingerprint density at radius 3 is 2.59 bits per heavy atom. The second kappa shape index (κ2) is 12.9. The number of carbonyl (C=O) groups is 1. The topological polar surface area (TPSA) is 116 Å². The highest BCUT2D eigenvalue weighted by Gasteiger charge is 2.41. The quantitative estimate of drug-likeness (QED) is 0.160. The molecule has 7 aromatic rings. The molecule has 2 aliphatic rings. The van der Waals surface area contributed by atoms with Gasteiger partial charge in [-0.1, -0.05) is 23.7 Å². The van der Waals surface area contributed by atoms with E-state index >= 15 is 8.78 Å². The van der Waals surface area contributed by atoms with Gasteiger partial charge in [0.15, 0.2) is 17.3 Å². The van der Waals surface area contributed by atoms with Crippen LogP contribution in [0.2, 0.25) is 5.02 Å². The van der Waals surface area contributed by atoms with Gasteiger partial charge in [0.1, 0.15) is 28.7 Å². The number of nitrogens with zero attached hydrogens (tertiary/aromatic N) is 4. The lowest BCUT2D eigenvalue weighted by Crippen LogP contribution is -2.32. The number of benzene rings is 4. The Bertz CT molecular complexity index is 2620. The maximum absolute atomic E-state index is 16.0. The van der Waals surface area contributed by atoms with E-state index in [0.29, 0.717) is 74.6 Å². The lowest BCUT2D eigenvalue weighted by atomic mass is 10.00. The van der Waals surface area contributed by atoms with Gasteiger partial charge in [0, 0.05) is 59.6 Å². The smallest absolute Gasteiger partial charge is 0.292 e. The van der Waals surface area contributed by atoms with Gasteiger partial charge in [-0.2, -0.15) is 5.10 Å². The van der Waals surface area contributed by atoms with Crippen molar-refractivity contribution >= 4 is 45.1 Å². The van der Waals surface area contributed by atoms with Crippen LogP contribution in [0.3, 0.4) is 0 Å². The predicted octanol–water partition coefficient (Wildman–Crippen LogP) is 8.63. The Hall–Kier alpha value is -5.92. The fraction of sp³-hybridized carbons (Fsp3) is 0.200. The Kier molecular flexibility index (Phi) is 8.09. The standard InChI is InChI=1S/C40H30ClF3N6O4/c1-20-27-12-22(15-31(44)37(27)49-48-20)39(51)46-24-7-8-33-32(16-24)47-36(50(33)19-25-10-11-52-25)17-28-29(42)13-21(14-30(28)43)26-4-3-5-34-38(26)54-40(2,53-34)35-9-6-23(41)18-45-35/h3-9,12-16,18,25H,10-11,17,19H2,1-2H3,(H,46,51)(H,48,49)/t25-,40+/m0/s1. The van der Waals surface area contributed by atoms with E-state index in [4.69, 9.17) is 30.8 Å². The number of carbonyl (C=O) groups excluding carboxylic acids is 1. The van der Waals surface area contributed by atoms with Crippen LogP contribution in [0, 0.1) is 24.4 Å². The number of amides is 1. The van der Waals surface area contributed by atoms with Crippen molar-refractivity contribution in [3.63, 3.8) is 0 Å². The molecule has 2 atom stereocenters. The van der Waals surface area contributed by atoms with E-state index in [9.17, 15) is 9.18 Å². The lowest BCUT2D eigenvalue weighted by Gasteiger charge is -2.27. The molecular formula is C40H30ClF3N6O4. The molecule has 1 fully saturated rings. The number of pyridine rings is 1. The monoisotopic (exact) mass is 750 g/mol. The number of nitrogens with one attached hydrogen (secondary N) is 2. The number of halogens is 4. The molecule has 3 aromatic heterocycles. The van der Waals surface area contributed by atoms with Gasteiger partial charge >= 0.3 is 0 Å².